The zero-order valence-corrected chi connectivity index (χ0v) is 14.8. The van der Waals surface area contributed by atoms with Gasteiger partial charge in [-0.15, -0.1) is 0 Å². The van der Waals surface area contributed by atoms with Gasteiger partial charge in [0, 0.05) is 37.4 Å². The highest BCUT2D eigenvalue weighted by Crippen LogP contribution is 2.32. The van der Waals surface area contributed by atoms with Gasteiger partial charge in [-0.3, -0.25) is 9.88 Å². The van der Waals surface area contributed by atoms with E-state index in [4.69, 9.17) is 4.98 Å². The third kappa shape index (κ3) is 2.86. The van der Waals surface area contributed by atoms with Crippen molar-refractivity contribution in [2.24, 2.45) is 0 Å². The molecular weight excluding hydrogens is 328 g/mol. The van der Waals surface area contributed by atoms with Gasteiger partial charge in [-0.05, 0) is 31.9 Å². The maximum absolute atomic E-state index is 12.1. The van der Waals surface area contributed by atoms with E-state index in [-0.39, 0.29) is 0 Å². The molecule has 6 heteroatoms. The lowest BCUT2D eigenvalue weighted by molar-refractivity contribution is -0.150. The van der Waals surface area contributed by atoms with Gasteiger partial charge < -0.3 is 9.67 Å². The second-order valence-corrected chi connectivity index (χ2v) is 6.95. The van der Waals surface area contributed by atoms with Crippen LogP contribution in [-0.2, 0) is 16.9 Å². The van der Waals surface area contributed by atoms with Crippen LogP contribution in [0, 0.1) is 6.92 Å². The van der Waals surface area contributed by atoms with Crippen LogP contribution in [0.15, 0.2) is 48.8 Å². The van der Waals surface area contributed by atoms with Crippen LogP contribution < -0.4 is 0 Å². The zero-order chi connectivity index (χ0) is 18.1. The molecule has 0 aliphatic carbocycles. The Morgan fingerprint density at radius 1 is 1.19 bits per heavy atom. The lowest BCUT2D eigenvalue weighted by Crippen LogP contribution is -2.51. The Hall–Kier alpha value is -2.73. The molecule has 26 heavy (non-hydrogen) atoms. The quantitative estimate of drug-likeness (QED) is 0.783. The van der Waals surface area contributed by atoms with Gasteiger partial charge in [-0.2, -0.15) is 0 Å². The first-order valence-electron chi connectivity index (χ1n) is 8.89. The fourth-order valence-electron chi connectivity index (χ4n) is 3.89. The summed E-state index contributed by atoms with van der Waals surface area (Å²) in [6.45, 7) is 4.04. The van der Waals surface area contributed by atoms with Crippen LogP contribution in [0.4, 0.5) is 0 Å². The number of carbonyl (C=O) groups is 1. The number of hydrogen-bond acceptors (Lipinski definition) is 4. The van der Waals surface area contributed by atoms with Gasteiger partial charge in [-0.25, -0.2) is 9.78 Å². The first-order chi connectivity index (χ1) is 12.6. The summed E-state index contributed by atoms with van der Waals surface area (Å²) in [5.41, 5.74) is 1.12. The second kappa shape index (κ2) is 6.53. The molecule has 1 aliphatic heterocycles. The Bertz CT molecular complexity index is 942. The third-order valence-electron chi connectivity index (χ3n) is 5.41. The Morgan fingerprint density at radius 3 is 2.65 bits per heavy atom. The summed E-state index contributed by atoms with van der Waals surface area (Å²) >= 11 is 0. The summed E-state index contributed by atoms with van der Waals surface area (Å²) in [6.07, 6.45) is 4.58. The van der Waals surface area contributed by atoms with Gasteiger partial charge in [0.15, 0.2) is 0 Å². The standard InChI is InChI=1S/C20H22N4O2/c1-15-21-10-13-24(15)20(19(25)26)8-11-23(12-9-20)14-17-7-6-16-4-2-3-5-18(16)22-17/h2-7,10,13H,8-9,11-12,14H2,1H3,(H,25,26). The summed E-state index contributed by atoms with van der Waals surface area (Å²) in [6, 6.07) is 12.2. The van der Waals surface area contributed by atoms with E-state index in [0.717, 1.165) is 42.1 Å². The van der Waals surface area contributed by atoms with E-state index in [0.29, 0.717) is 12.8 Å². The fraction of sp³-hybridized carbons (Fsp3) is 0.350. The minimum Gasteiger partial charge on any atom is -0.479 e. The van der Waals surface area contributed by atoms with E-state index in [1.54, 1.807) is 12.4 Å². The monoisotopic (exact) mass is 350 g/mol. The topological polar surface area (TPSA) is 71.2 Å². The maximum Gasteiger partial charge on any atom is 0.330 e. The van der Waals surface area contributed by atoms with Crippen LogP contribution >= 0.6 is 0 Å². The van der Waals surface area contributed by atoms with Crippen LogP contribution in [0.3, 0.4) is 0 Å². The van der Waals surface area contributed by atoms with E-state index in [1.807, 2.05) is 29.7 Å². The molecule has 6 nitrogen and oxygen atoms in total. The molecule has 0 saturated carbocycles. The minimum atomic E-state index is -0.895. The predicted octanol–water partition coefficient (Wildman–Crippen LogP) is 2.82. The molecule has 3 heterocycles. The maximum atomic E-state index is 12.1. The Morgan fingerprint density at radius 2 is 1.96 bits per heavy atom. The molecular formula is C20H22N4O2. The molecule has 4 rings (SSSR count). The number of aryl methyl sites for hydroxylation is 1. The van der Waals surface area contributed by atoms with E-state index in [1.165, 1.54) is 0 Å². The van der Waals surface area contributed by atoms with Gasteiger partial charge in [0.05, 0.1) is 11.2 Å². The number of imidazole rings is 1. The van der Waals surface area contributed by atoms with Crippen LogP contribution in [0.5, 0.6) is 0 Å². The number of carboxylic acids is 1. The highest BCUT2D eigenvalue weighted by molar-refractivity contribution is 5.78. The molecule has 2 aromatic heterocycles. The molecule has 0 bridgehead atoms. The number of nitrogens with zero attached hydrogens (tertiary/aromatic N) is 4. The van der Waals surface area contributed by atoms with Gasteiger partial charge in [0.2, 0.25) is 0 Å². The Balaban J connectivity index is 1.50. The average molecular weight is 350 g/mol. The van der Waals surface area contributed by atoms with Crippen molar-refractivity contribution in [3.05, 3.63) is 60.3 Å². The summed E-state index contributed by atoms with van der Waals surface area (Å²) < 4.78 is 1.82. The molecule has 1 fully saturated rings. The molecule has 1 N–H and O–H groups in total. The summed E-state index contributed by atoms with van der Waals surface area (Å²) in [7, 11) is 0. The molecule has 0 radical (unpaired) electrons. The molecule has 0 atom stereocenters. The molecule has 1 aliphatic rings. The highest BCUT2D eigenvalue weighted by Gasteiger charge is 2.43. The van der Waals surface area contributed by atoms with Crippen molar-refractivity contribution in [3.63, 3.8) is 0 Å². The van der Waals surface area contributed by atoms with Crippen molar-refractivity contribution in [3.8, 4) is 0 Å². The van der Waals surface area contributed by atoms with Gasteiger partial charge in [0.25, 0.3) is 0 Å². The number of fused-ring (bicyclic) bond motifs is 1. The summed E-state index contributed by atoms with van der Waals surface area (Å²) in [5.74, 6) is -0.0286. The number of likely N-dealkylation sites (tertiary alicyclic amines) is 1. The largest absolute Gasteiger partial charge is 0.479 e. The normalized spacial score (nSPS) is 17.4. The fourth-order valence-corrected chi connectivity index (χ4v) is 3.89. The third-order valence-corrected chi connectivity index (χ3v) is 5.41. The number of aliphatic carboxylic acids is 1. The first kappa shape index (κ1) is 16.7. The zero-order valence-electron chi connectivity index (χ0n) is 14.8. The van der Waals surface area contributed by atoms with Crippen LogP contribution in [0.2, 0.25) is 0 Å². The number of piperidine rings is 1. The number of hydrogen-bond donors (Lipinski definition) is 1. The molecule has 1 aromatic carbocycles. The van der Waals surface area contributed by atoms with Crippen molar-refractivity contribution in [2.45, 2.75) is 31.8 Å². The number of rotatable bonds is 4. The predicted molar refractivity (Wildman–Crippen MR) is 98.8 cm³/mol. The van der Waals surface area contributed by atoms with E-state index >= 15 is 0 Å². The van der Waals surface area contributed by atoms with Crippen molar-refractivity contribution >= 4 is 16.9 Å². The first-order valence-corrected chi connectivity index (χ1v) is 8.89. The van der Waals surface area contributed by atoms with E-state index in [9.17, 15) is 9.90 Å². The van der Waals surface area contributed by atoms with Crippen molar-refractivity contribution in [2.75, 3.05) is 13.1 Å². The minimum absolute atomic E-state index is 0.563. The number of aromatic nitrogens is 3. The second-order valence-electron chi connectivity index (χ2n) is 6.95. The lowest BCUT2D eigenvalue weighted by Gasteiger charge is -2.40. The molecule has 3 aromatic rings. The van der Waals surface area contributed by atoms with Crippen LogP contribution in [0.1, 0.15) is 24.4 Å². The van der Waals surface area contributed by atoms with E-state index in [2.05, 4.69) is 28.1 Å². The molecule has 0 spiro atoms. The van der Waals surface area contributed by atoms with Gasteiger partial charge in [0.1, 0.15) is 11.4 Å². The van der Waals surface area contributed by atoms with Gasteiger partial charge >= 0.3 is 5.97 Å². The van der Waals surface area contributed by atoms with Crippen molar-refractivity contribution < 1.29 is 9.90 Å². The van der Waals surface area contributed by atoms with Crippen LogP contribution in [-0.4, -0.2) is 43.6 Å². The van der Waals surface area contributed by atoms with Crippen molar-refractivity contribution in [1.29, 1.82) is 0 Å². The average Bonchev–Trinajstić information content (AvgIpc) is 3.09. The lowest BCUT2D eigenvalue weighted by atomic mass is 9.87. The molecule has 0 unspecified atom stereocenters. The Labute approximate surface area is 152 Å². The summed E-state index contributed by atoms with van der Waals surface area (Å²) in [5, 5.41) is 11.0. The number of carboxylic acid groups (broad SMARTS) is 1. The number of benzene rings is 1. The number of pyridine rings is 1. The van der Waals surface area contributed by atoms with E-state index < -0.39 is 11.5 Å². The summed E-state index contributed by atoms with van der Waals surface area (Å²) in [4.78, 5) is 23.3. The Kier molecular flexibility index (Phi) is 4.20. The highest BCUT2D eigenvalue weighted by atomic mass is 16.4. The van der Waals surface area contributed by atoms with Crippen molar-refractivity contribution in [1.82, 2.24) is 19.4 Å². The molecule has 0 amide bonds. The number of para-hydroxylation sites is 1. The molecule has 1 saturated heterocycles. The molecule has 134 valence electrons. The SMILES string of the molecule is Cc1nccn1C1(C(=O)O)CCN(Cc2ccc3ccccc3n2)CC1. The smallest absolute Gasteiger partial charge is 0.330 e. The van der Waals surface area contributed by atoms with Crippen LogP contribution in [0.25, 0.3) is 10.9 Å². The van der Waals surface area contributed by atoms with Gasteiger partial charge in [-0.1, -0.05) is 24.3 Å².